The van der Waals surface area contributed by atoms with Crippen LogP contribution in [-0.4, -0.2) is 28.5 Å². The second-order valence-corrected chi connectivity index (χ2v) is 15.1. The summed E-state index contributed by atoms with van der Waals surface area (Å²) in [5.41, 5.74) is 10.9. The summed E-state index contributed by atoms with van der Waals surface area (Å²) in [5.74, 6) is 0.975. The van der Waals surface area contributed by atoms with Crippen LogP contribution >= 0.6 is 19.4 Å². The molecule has 0 aromatic heterocycles. The Kier molecular flexibility index (Phi) is 15.2. The van der Waals surface area contributed by atoms with Crippen LogP contribution in [0, 0.1) is 41.5 Å². The van der Waals surface area contributed by atoms with Gasteiger partial charge in [0.15, 0.2) is 0 Å². The van der Waals surface area contributed by atoms with Gasteiger partial charge in [0.2, 0.25) is 0 Å². The van der Waals surface area contributed by atoms with E-state index in [4.69, 9.17) is 30.0 Å². The third kappa shape index (κ3) is 11.6. The number of nitrogens with zero attached hydrogens (tertiary/aromatic N) is 2. The fraction of sp³-hybridized carbons (Fsp3) is 0.367. The van der Waals surface area contributed by atoms with Crippen molar-refractivity contribution >= 4 is 35.4 Å². The molecule has 3 aromatic carbocycles. The maximum Gasteiger partial charge on any atom is 2.00 e. The Morgan fingerprint density at radius 2 is 1.16 bits per heavy atom. The van der Waals surface area contributed by atoms with E-state index in [1.807, 2.05) is 42.7 Å². The number of halogens is 2. The molecule has 0 saturated carbocycles. The van der Waals surface area contributed by atoms with Crippen molar-refractivity contribution in [3.8, 4) is 5.75 Å². The Morgan fingerprint density at radius 1 is 0.757 bits per heavy atom. The Labute approximate surface area is 249 Å². The van der Waals surface area contributed by atoms with Gasteiger partial charge in [0.25, 0.3) is 0 Å². The topological polar surface area (TPSA) is 41.0 Å². The van der Waals surface area contributed by atoms with Gasteiger partial charge >= 0.3 is 116 Å². The molecule has 37 heavy (non-hydrogen) atoms. The van der Waals surface area contributed by atoms with Crippen LogP contribution in [0.3, 0.4) is 0 Å². The molecule has 0 amide bonds. The second-order valence-electron chi connectivity index (χ2n) is 9.35. The van der Waals surface area contributed by atoms with Crippen LogP contribution < -0.4 is 0 Å². The van der Waals surface area contributed by atoms with Gasteiger partial charge in [-0.05, 0) is 41.5 Å². The Balaban J connectivity index is 0.000000396. The maximum absolute atomic E-state index is 5.83. The molecule has 0 bridgehead atoms. The van der Waals surface area contributed by atoms with E-state index in [0.717, 1.165) is 35.8 Å². The van der Waals surface area contributed by atoms with Gasteiger partial charge in [-0.2, -0.15) is 0 Å². The first kappa shape index (κ1) is 33.7. The van der Waals surface area contributed by atoms with Crippen molar-refractivity contribution in [3.63, 3.8) is 0 Å². The Morgan fingerprint density at radius 3 is 1.54 bits per heavy atom. The Hall–Kier alpha value is -1.28. The van der Waals surface area contributed by atoms with Crippen LogP contribution in [0.5, 0.6) is 5.75 Å². The summed E-state index contributed by atoms with van der Waals surface area (Å²) >= 11 is -1.75. The number of aliphatic hydroxyl groups is 1. The zero-order chi connectivity index (χ0) is 26.8. The minimum absolute atomic E-state index is 0. The third-order valence-corrected chi connectivity index (χ3v) is 7.26. The summed E-state index contributed by atoms with van der Waals surface area (Å²) < 4.78 is 6.41. The van der Waals surface area contributed by atoms with Crippen molar-refractivity contribution in [1.82, 2.24) is 0 Å². The summed E-state index contributed by atoms with van der Waals surface area (Å²) in [6, 6.07) is 16.7. The van der Waals surface area contributed by atoms with E-state index in [2.05, 4.69) is 70.5 Å². The average Bonchev–Trinajstić information content (AvgIpc) is 2.75. The molecule has 3 nitrogen and oxygen atoms in total. The van der Waals surface area contributed by atoms with Gasteiger partial charge in [-0.1, -0.05) is 57.6 Å². The van der Waals surface area contributed by atoms with Gasteiger partial charge in [-0.25, -0.2) is 0 Å². The fourth-order valence-corrected chi connectivity index (χ4v) is 6.04. The number of para-hydroxylation sites is 1. The van der Waals surface area contributed by atoms with Gasteiger partial charge in [0, 0.05) is 0 Å². The van der Waals surface area contributed by atoms with Crippen LogP contribution in [0.15, 0.2) is 48.5 Å². The van der Waals surface area contributed by atoms with E-state index in [1.54, 1.807) is 0 Å². The fourth-order valence-electron chi connectivity index (χ4n) is 4.22. The number of hydrogen-bond donors (Lipinski definition) is 0. The summed E-state index contributed by atoms with van der Waals surface area (Å²) in [5, 5.41) is 9.49. The molecule has 201 valence electrons. The maximum atomic E-state index is 5.83. The zero-order valence-corrected chi connectivity index (χ0v) is 27.7. The summed E-state index contributed by atoms with van der Waals surface area (Å²) in [6.45, 7) is 18.3. The molecule has 1 radical (unpaired) electrons. The van der Waals surface area contributed by atoms with Gasteiger partial charge in [0.05, 0.1) is 0 Å². The number of benzene rings is 3. The number of ether oxygens (including phenoxy) is 1. The van der Waals surface area contributed by atoms with Crippen LogP contribution in [0.1, 0.15) is 52.8 Å². The molecular formula is C30H39Cl2N2ORuV+. The quantitative estimate of drug-likeness (QED) is 0.131. The summed E-state index contributed by atoms with van der Waals surface area (Å²) in [6.07, 6.45) is 0.288. The third-order valence-electron chi connectivity index (χ3n) is 5.43. The van der Waals surface area contributed by atoms with Gasteiger partial charge in [0.1, 0.15) is 0 Å². The summed E-state index contributed by atoms with van der Waals surface area (Å²) in [4.78, 5) is 0. The zero-order valence-electron chi connectivity index (χ0n) is 23.1. The van der Waals surface area contributed by atoms with Gasteiger partial charge in [-0.15, -0.1) is 24.5 Å². The standard InChI is InChI=1S/C20H26N2.C10H12O.2ClH.Ru.V/c1-13-9-15(3)19(16(4)10-13)21-7-8-22-20-17(5)11-14(2)12-18(20)6;1-8(2)11-10-7-5-4-6-9(10)3;;;;/h9-12H,7-8H2,1-6H3;3-8H,1-2H3;2*1H;;/q-2;;;;2*+2/p-1. The van der Waals surface area contributed by atoms with Crippen LogP contribution in [0.4, 0.5) is 11.4 Å². The second kappa shape index (κ2) is 16.6. The minimum atomic E-state index is -1.75. The van der Waals surface area contributed by atoms with E-state index in [9.17, 15) is 0 Å². The van der Waals surface area contributed by atoms with E-state index in [-0.39, 0.29) is 24.7 Å². The molecule has 3 rings (SSSR count). The smallest absolute Gasteiger partial charge is 0.685 e. The average molecular weight is 667 g/mol. The number of aryl methyl sites for hydroxylation is 6. The van der Waals surface area contributed by atoms with Crippen molar-refractivity contribution in [2.45, 2.75) is 61.5 Å². The normalized spacial score (nSPS) is 10.6. The first-order chi connectivity index (χ1) is 17.0. The van der Waals surface area contributed by atoms with Crippen molar-refractivity contribution in [2.75, 3.05) is 13.1 Å². The molecule has 7 heteroatoms. The predicted octanol–water partition coefficient (Wildman–Crippen LogP) is 9.66. The molecule has 0 aliphatic carbocycles. The SMILES string of the molecule is CC(C)[OH+]c1ccccc1[CH]=[Ru]([Cl])[Cl].Cc1cc(C)c([N-]CC[N-]c2c(C)cc(C)cc2C)c(C)c1.[V+2]. The summed E-state index contributed by atoms with van der Waals surface area (Å²) in [7, 11) is 11.7. The molecule has 0 aliphatic rings. The molecule has 3 aromatic rings. The molecule has 0 atom stereocenters. The van der Waals surface area contributed by atoms with Crippen molar-refractivity contribution in [2.24, 2.45) is 0 Å². The van der Waals surface area contributed by atoms with E-state index in [1.165, 1.54) is 33.4 Å². The predicted molar refractivity (Wildman–Crippen MR) is 157 cm³/mol. The number of rotatable bonds is 8. The number of hydrogen-bond acceptors (Lipinski definition) is 0. The molecule has 0 saturated heterocycles. The van der Waals surface area contributed by atoms with Crippen LogP contribution in [-0.2, 0) is 32.1 Å². The van der Waals surface area contributed by atoms with Crippen molar-refractivity contribution in [1.29, 1.82) is 0 Å². The van der Waals surface area contributed by atoms with E-state index >= 15 is 0 Å². The number of aromatic hydroxyl groups is 1. The van der Waals surface area contributed by atoms with E-state index in [0.29, 0.717) is 0 Å². The molecule has 0 heterocycles. The van der Waals surface area contributed by atoms with Crippen molar-refractivity contribution in [3.05, 3.63) is 98.1 Å². The van der Waals surface area contributed by atoms with E-state index < -0.39 is 13.5 Å². The molecule has 0 spiro atoms. The largest absolute Gasteiger partial charge is 2.00 e. The molecule has 0 unspecified atom stereocenters. The van der Waals surface area contributed by atoms with Gasteiger partial charge < -0.3 is 10.6 Å². The Bertz CT molecular complexity index is 1090. The molecule has 1 N–H and O–H groups in total. The van der Waals surface area contributed by atoms with Crippen molar-refractivity contribution < 1.29 is 36.8 Å². The first-order valence-electron chi connectivity index (χ1n) is 12.1. The molecule has 0 aliphatic heterocycles. The van der Waals surface area contributed by atoms with Crippen LogP contribution in [0.25, 0.3) is 10.6 Å². The van der Waals surface area contributed by atoms with Crippen LogP contribution in [0.2, 0.25) is 0 Å². The molecular weight excluding hydrogens is 627 g/mol. The molecule has 0 fully saturated rings. The minimum Gasteiger partial charge on any atom is -0.685 e. The first-order valence-corrected chi connectivity index (χ1v) is 17.6. The van der Waals surface area contributed by atoms with Gasteiger partial charge in [-0.3, -0.25) is 0 Å². The monoisotopic (exact) mass is 666 g/mol.